The minimum absolute atomic E-state index is 0.190. The predicted octanol–water partition coefficient (Wildman–Crippen LogP) is 4.27. The van der Waals surface area contributed by atoms with Gasteiger partial charge in [0, 0.05) is 6.42 Å². The first-order valence-corrected chi connectivity index (χ1v) is 8.13. The van der Waals surface area contributed by atoms with Gasteiger partial charge in [0.15, 0.2) is 0 Å². The molecule has 0 saturated heterocycles. The number of hydrogen-bond acceptors (Lipinski definition) is 3. The lowest BCUT2D eigenvalue weighted by Gasteiger charge is -2.28. The van der Waals surface area contributed by atoms with E-state index in [2.05, 4.69) is 0 Å². The Morgan fingerprint density at radius 2 is 1.91 bits per heavy atom. The Labute approximate surface area is 133 Å². The van der Waals surface area contributed by atoms with Crippen molar-refractivity contribution in [1.29, 1.82) is 0 Å². The molecule has 1 aliphatic rings. The van der Waals surface area contributed by atoms with Crippen molar-refractivity contribution >= 4 is 5.97 Å². The molecule has 4 heteroatoms. The molecule has 1 aliphatic carbocycles. The molecule has 0 amide bonds. The summed E-state index contributed by atoms with van der Waals surface area (Å²) >= 11 is 0. The summed E-state index contributed by atoms with van der Waals surface area (Å²) in [6.45, 7) is 4.58. The maximum absolute atomic E-state index is 10.8. The molecule has 0 heterocycles. The number of hydrogen-bond donors (Lipinski definition) is 1. The molecule has 0 aliphatic heterocycles. The van der Waals surface area contributed by atoms with E-state index in [9.17, 15) is 4.79 Å². The highest BCUT2D eigenvalue weighted by Crippen LogP contribution is 2.29. The van der Waals surface area contributed by atoms with Gasteiger partial charge in [-0.3, -0.25) is 4.79 Å². The van der Waals surface area contributed by atoms with Gasteiger partial charge in [0.2, 0.25) is 0 Å². The molecule has 22 heavy (non-hydrogen) atoms. The highest BCUT2D eigenvalue weighted by Gasteiger charge is 2.24. The van der Waals surface area contributed by atoms with Gasteiger partial charge >= 0.3 is 5.97 Å². The van der Waals surface area contributed by atoms with Gasteiger partial charge in [-0.15, -0.1) is 0 Å². The van der Waals surface area contributed by atoms with Crippen LogP contribution in [0.15, 0.2) is 24.3 Å². The van der Waals surface area contributed by atoms with Gasteiger partial charge in [0.05, 0.1) is 19.8 Å². The van der Waals surface area contributed by atoms with Crippen molar-refractivity contribution in [1.82, 2.24) is 0 Å². The number of ether oxygens (including phenoxy) is 2. The topological polar surface area (TPSA) is 55.8 Å². The van der Waals surface area contributed by atoms with Crippen LogP contribution in [0.25, 0.3) is 0 Å². The number of methoxy groups -OCH3 is 1. The zero-order valence-electron chi connectivity index (χ0n) is 13.9. The van der Waals surface area contributed by atoms with Crippen LogP contribution in [0.2, 0.25) is 0 Å². The van der Waals surface area contributed by atoms with E-state index in [1.54, 1.807) is 7.11 Å². The fourth-order valence-corrected chi connectivity index (χ4v) is 2.76. The lowest BCUT2D eigenvalue weighted by molar-refractivity contribution is -0.138. The molecule has 4 nitrogen and oxygen atoms in total. The maximum atomic E-state index is 10.8. The van der Waals surface area contributed by atoms with Crippen LogP contribution < -0.4 is 4.74 Å². The third-order valence-electron chi connectivity index (χ3n) is 3.84. The largest absolute Gasteiger partial charge is 0.497 e. The van der Waals surface area contributed by atoms with Gasteiger partial charge in [0.1, 0.15) is 5.75 Å². The van der Waals surface area contributed by atoms with Crippen LogP contribution in [-0.2, 0) is 16.1 Å². The summed E-state index contributed by atoms with van der Waals surface area (Å²) in [6, 6.07) is 7.84. The van der Waals surface area contributed by atoms with Crippen molar-refractivity contribution in [3.63, 3.8) is 0 Å². The molecule has 1 aromatic carbocycles. The standard InChI is InChI=1S/C16H22O4.C2H6/c1-19-14-7-5-12(6-8-14)11-20-15-4-2-3-13(9-15)10-16(17)18;1-2/h5-8,13,15H,2-4,9-11H2,1H3,(H,17,18);1-2H3. The minimum Gasteiger partial charge on any atom is -0.497 e. The van der Waals surface area contributed by atoms with E-state index in [1.165, 1.54) is 0 Å². The van der Waals surface area contributed by atoms with Gasteiger partial charge in [-0.05, 0) is 42.9 Å². The molecule has 0 radical (unpaired) electrons. The summed E-state index contributed by atoms with van der Waals surface area (Å²) in [5.74, 6) is 0.404. The highest BCUT2D eigenvalue weighted by molar-refractivity contribution is 5.67. The van der Waals surface area contributed by atoms with Gasteiger partial charge in [-0.2, -0.15) is 0 Å². The minimum atomic E-state index is -0.703. The lowest BCUT2D eigenvalue weighted by atomic mass is 9.85. The Balaban J connectivity index is 0.00000116. The van der Waals surface area contributed by atoms with E-state index in [1.807, 2.05) is 38.1 Å². The molecule has 2 unspecified atom stereocenters. The van der Waals surface area contributed by atoms with Crippen LogP contribution in [0.3, 0.4) is 0 Å². The lowest BCUT2D eigenvalue weighted by Crippen LogP contribution is -2.24. The third-order valence-corrected chi connectivity index (χ3v) is 3.84. The predicted molar refractivity (Wildman–Crippen MR) is 87.1 cm³/mol. The van der Waals surface area contributed by atoms with Crippen molar-refractivity contribution in [2.24, 2.45) is 5.92 Å². The van der Waals surface area contributed by atoms with Gasteiger partial charge in [-0.1, -0.05) is 32.4 Å². The molecule has 1 fully saturated rings. The second-order valence-corrected chi connectivity index (χ2v) is 5.41. The molecule has 2 rings (SSSR count). The number of benzene rings is 1. The zero-order chi connectivity index (χ0) is 16.4. The molecular weight excluding hydrogens is 280 g/mol. The number of carbonyl (C=O) groups is 1. The van der Waals surface area contributed by atoms with Crippen LogP contribution in [0, 0.1) is 5.92 Å². The maximum Gasteiger partial charge on any atom is 0.303 e. The smallest absolute Gasteiger partial charge is 0.303 e. The van der Waals surface area contributed by atoms with E-state index >= 15 is 0 Å². The Morgan fingerprint density at radius 1 is 1.23 bits per heavy atom. The van der Waals surface area contributed by atoms with Crippen LogP contribution >= 0.6 is 0 Å². The summed E-state index contributed by atoms with van der Waals surface area (Å²) < 4.78 is 11.0. The average Bonchev–Trinajstić information content (AvgIpc) is 2.55. The van der Waals surface area contributed by atoms with Crippen molar-refractivity contribution in [3.8, 4) is 5.75 Å². The fraction of sp³-hybridized carbons (Fsp3) is 0.611. The van der Waals surface area contributed by atoms with Crippen LogP contribution in [0.1, 0.15) is 51.5 Å². The summed E-state index contributed by atoms with van der Waals surface area (Å²) in [6.07, 6.45) is 4.42. The third kappa shape index (κ3) is 6.48. The van der Waals surface area contributed by atoms with Crippen LogP contribution in [0.4, 0.5) is 0 Å². The molecule has 124 valence electrons. The number of carboxylic acid groups (broad SMARTS) is 1. The first kappa shape index (κ1) is 18.5. The van der Waals surface area contributed by atoms with Crippen LogP contribution in [-0.4, -0.2) is 24.3 Å². The second-order valence-electron chi connectivity index (χ2n) is 5.41. The Morgan fingerprint density at radius 3 is 2.50 bits per heavy atom. The molecule has 0 bridgehead atoms. The quantitative estimate of drug-likeness (QED) is 0.852. The zero-order valence-corrected chi connectivity index (χ0v) is 13.9. The Kier molecular flexibility index (Phi) is 8.60. The van der Waals surface area contributed by atoms with Crippen molar-refractivity contribution in [3.05, 3.63) is 29.8 Å². The fourth-order valence-electron chi connectivity index (χ4n) is 2.76. The second kappa shape index (κ2) is 10.2. The molecular formula is C18H28O4. The highest BCUT2D eigenvalue weighted by atomic mass is 16.5. The van der Waals surface area contributed by atoms with Crippen molar-refractivity contribution < 1.29 is 19.4 Å². The molecule has 2 atom stereocenters. The summed E-state index contributed by atoms with van der Waals surface area (Å²) in [4.78, 5) is 10.8. The van der Waals surface area contributed by atoms with E-state index < -0.39 is 5.97 Å². The number of carboxylic acids is 1. The monoisotopic (exact) mass is 308 g/mol. The summed E-state index contributed by atoms with van der Waals surface area (Å²) in [5.41, 5.74) is 1.12. The molecule has 1 N–H and O–H groups in total. The van der Waals surface area contributed by atoms with Gasteiger partial charge in [0.25, 0.3) is 0 Å². The number of rotatable bonds is 6. The van der Waals surface area contributed by atoms with Gasteiger partial charge in [-0.25, -0.2) is 0 Å². The van der Waals surface area contributed by atoms with Gasteiger partial charge < -0.3 is 14.6 Å². The van der Waals surface area contributed by atoms with E-state index in [0.717, 1.165) is 37.0 Å². The molecule has 0 aromatic heterocycles. The summed E-state index contributed by atoms with van der Waals surface area (Å²) in [7, 11) is 1.65. The van der Waals surface area contributed by atoms with E-state index in [0.29, 0.717) is 6.61 Å². The normalized spacial score (nSPS) is 20.7. The first-order chi connectivity index (χ1) is 10.7. The Hall–Kier alpha value is -1.55. The molecule has 1 aromatic rings. The SMILES string of the molecule is CC.COc1ccc(COC2CCCC(CC(=O)O)C2)cc1. The molecule has 1 saturated carbocycles. The van der Waals surface area contributed by atoms with Crippen LogP contribution in [0.5, 0.6) is 5.75 Å². The van der Waals surface area contributed by atoms with E-state index in [-0.39, 0.29) is 18.4 Å². The van der Waals surface area contributed by atoms with Crippen molar-refractivity contribution in [2.45, 2.75) is 58.7 Å². The summed E-state index contributed by atoms with van der Waals surface area (Å²) in [5, 5.41) is 8.86. The molecule has 0 spiro atoms. The Bertz CT molecular complexity index is 427. The van der Waals surface area contributed by atoms with E-state index in [4.69, 9.17) is 14.6 Å². The first-order valence-electron chi connectivity index (χ1n) is 8.13. The number of aliphatic carboxylic acids is 1. The van der Waals surface area contributed by atoms with Crippen molar-refractivity contribution in [2.75, 3.05) is 7.11 Å². The average molecular weight is 308 g/mol.